The minimum absolute atomic E-state index is 0.0797. The fourth-order valence-electron chi connectivity index (χ4n) is 2.41. The van der Waals surface area contributed by atoms with Crippen molar-refractivity contribution in [3.05, 3.63) is 0 Å². The van der Waals surface area contributed by atoms with Gasteiger partial charge in [0.2, 0.25) is 0 Å². The van der Waals surface area contributed by atoms with Crippen LogP contribution in [-0.4, -0.2) is 48.2 Å². The number of carboxylic acids is 1. The molecule has 1 rings (SSSR count). The van der Waals surface area contributed by atoms with Crippen molar-refractivity contribution in [3.63, 3.8) is 0 Å². The van der Waals surface area contributed by atoms with Crippen molar-refractivity contribution >= 4 is 5.97 Å². The lowest BCUT2D eigenvalue weighted by atomic mass is 9.90. The Morgan fingerprint density at radius 3 is 2.62 bits per heavy atom. The Bertz CT molecular complexity index is 213. The SMILES string of the molecule is CCCN1CCC(C(C)NCC(=O)O)CC1. The number of carboxylic acid groups (broad SMARTS) is 1. The molecule has 4 nitrogen and oxygen atoms in total. The van der Waals surface area contributed by atoms with E-state index in [0.29, 0.717) is 12.0 Å². The topological polar surface area (TPSA) is 52.6 Å². The maximum atomic E-state index is 10.5. The molecule has 2 N–H and O–H groups in total. The van der Waals surface area contributed by atoms with Crippen molar-refractivity contribution in [1.82, 2.24) is 10.2 Å². The Hall–Kier alpha value is -0.610. The van der Waals surface area contributed by atoms with Gasteiger partial charge in [-0.25, -0.2) is 0 Å². The number of hydrogen-bond acceptors (Lipinski definition) is 3. The quantitative estimate of drug-likeness (QED) is 0.716. The average Bonchev–Trinajstić information content (AvgIpc) is 2.27. The predicted octanol–water partition coefficient (Wildman–Crippen LogP) is 1.17. The number of rotatable bonds is 6. The molecule has 1 aliphatic heterocycles. The molecule has 0 aliphatic carbocycles. The van der Waals surface area contributed by atoms with Crippen molar-refractivity contribution in [2.45, 2.75) is 39.2 Å². The lowest BCUT2D eigenvalue weighted by Gasteiger charge is -2.34. The number of aliphatic carboxylic acids is 1. The predicted molar refractivity (Wildman–Crippen MR) is 64.6 cm³/mol. The number of carbonyl (C=O) groups is 1. The van der Waals surface area contributed by atoms with Crippen LogP contribution in [-0.2, 0) is 4.79 Å². The van der Waals surface area contributed by atoms with Gasteiger partial charge in [-0.05, 0) is 51.7 Å². The van der Waals surface area contributed by atoms with Crippen molar-refractivity contribution in [3.8, 4) is 0 Å². The van der Waals surface area contributed by atoms with Crippen molar-refractivity contribution < 1.29 is 9.90 Å². The fourth-order valence-corrected chi connectivity index (χ4v) is 2.41. The molecule has 1 fully saturated rings. The van der Waals surface area contributed by atoms with Gasteiger partial charge < -0.3 is 15.3 Å². The van der Waals surface area contributed by atoms with Gasteiger partial charge in [0.25, 0.3) is 0 Å². The lowest BCUT2D eigenvalue weighted by molar-refractivity contribution is -0.136. The smallest absolute Gasteiger partial charge is 0.317 e. The number of likely N-dealkylation sites (tertiary alicyclic amines) is 1. The van der Waals surface area contributed by atoms with E-state index in [1.807, 2.05) is 0 Å². The molecule has 1 saturated heterocycles. The van der Waals surface area contributed by atoms with E-state index < -0.39 is 5.97 Å². The van der Waals surface area contributed by atoms with E-state index in [1.54, 1.807) is 0 Å². The molecule has 1 unspecified atom stereocenters. The Kier molecular flexibility index (Phi) is 5.77. The van der Waals surface area contributed by atoms with Crippen LogP contribution >= 0.6 is 0 Å². The molecule has 0 aromatic heterocycles. The summed E-state index contributed by atoms with van der Waals surface area (Å²) in [5, 5.41) is 11.7. The Balaban J connectivity index is 2.21. The largest absolute Gasteiger partial charge is 0.480 e. The summed E-state index contributed by atoms with van der Waals surface area (Å²) >= 11 is 0. The number of piperidine rings is 1. The van der Waals surface area contributed by atoms with Crippen LogP contribution in [0.15, 0.2) is 0 Å². The minimum atomic E-state index is -0.768. The minimum Gasteiger partial charge on any atom is -0.480 e. The lowest BCUT2D eigenvalue weighted by Crippen LogP contribution is -2.43. The molecular weight excluding hydrogens is 204 g/mol. The Labute approximate surface area is 98.0 Å². The zero-order chi connectivity index (χ0) is 12.0. The molecule has 0 bridgehead atoms. The number of nitrogens with one attached hydrogen (secondary N) is 1. The van der Waals surface area contributed by atoms with Crippen LogP contribution in [0.3, 0.4) is 0 Å². The van der Waals surface area contributed by atoms with Gasteiger partial charge in [-0.1, -0.05) is 6.92 Å². The first kappa shape index (κ1) is 13.5. The maximum Gasteiger partial charge on any atom is 0.317 e. The second-order valence-corrected chi connectivity index (χ2v) is 4.74. The van der Waals surface area contributed by atoms with E-state index in [-0.39, 0.29) is 6.54 Å². The highest BCUT2D eigenvalue weighted by molar-refractivity contribution is 5.69. The molecule has 0 aromatic rings. The Morgan fingerprint density at radius 2 is 2.12 bits per heavy atom. The van der Waals surface area contributed by atoms with Crippen LogP contribution < -0.4 is 5.32 Å². The number of hydrogen-bond donors (Lipinski definition) is 2. The molecule has 1 atom stereocenters. The van der Waals surface area contributed by atoms with Crippen molar-refractivity contribution in [2.24, 2.45) is 5.92 Å². The van der Waals surface area contributed by atoms with E-state index in [2.05, 4.69) is 24.1 Å². The van der Waals surface area contributed by atoms with E-state index >= 15 is 0 Å². The van der Waals surface area contributed by atoms with E-state index in [0.717, 1.165) is 13.1 Å². The molecule has 1 heterocycles. The van der Waals surface area contributed by atoms with Gasteiger partial charge in [0, 0.05) is 6.04 Å². The molecule has 0 radical (unpaired) electrons. The van der Waals surface area contributed by atoms with Crippen LogP contribution in [0.1, 0.15) is 33.1 Å². The van der Waals surface area contributed by atoms with Crippen LogP contribution in [0.4, 0.5) is 0 Å². The van der Waals surface area contributed by atoms with Gasteiger partial charge in [0.05, 0.1) is 6.54 Å². The summed E-state index contributed by atoms with van der Waals surface area (Å²) in [7, 11) is 0. The van der Waals surface area contributed by atoms with Crippen molar-refractivity contribution in [2.75, 3.05) is 26.2 Å². The van der Waals surface area contributed by atoms with Gasteiger partial charge >= 0.3 is 5.97 Å². The first-order valence-corrected chi connectivity index (χ1v) is 6.31. The molecule has 0 spiro atoms. The van der Waals surface area contributed by atoms with Crippen LogP contribution in [0.25, 0.3) is 0 Å². The van der Waals surface area contributed by atoms with Gasteiger partial charge in [-0.15, -0.1) is 0 Å². The van der Waals surface area contributed by atoms with Crippen molar-refractivity contribution in [1.29, 1.82) is 0 Å². The molecule has 0 aromatic carbocycles. The van der Waals surface area contributed by atoms with E-state index in [4.69, 9.17) is 5.11 Å². The Morgan fingerprint density at radius 1 is 1.50 bits per heavy atom. The van der Waals surface area contributed by atoms with Crippen LogP contribution in [0, 0.1) is 5.92 Å². The summed E-state index contributed by atoms with van der Waals surface area (Å²) in [6.45, 7) is 7.92. The van der Waals surface area contributed by atoms with E-state index in [9.17, 15) is 4.79 Å². The van der Waals surface area contributed by atoms with Crippen LogP contribution in [0.2, 0.25) is 0 Å². The summed E-state index contributed by atoms with van der Waals surface area (Å²) in [4.78, 5) is 13.0. The second-order valence-electron chi connectivity index (χ2n) is 4.74. The summed E-state index contributed by atoms with van der Waals surface area (Å²) in [6, 6.07) is 0.319. The summed E-state index contributed by atoms with van der Waals surface area (Å²) in [6.07, 6.45) is 3.60. The highest BCUT2D eigenvalue weighted by Crippen LogP contribution is 2.20. The standard InChI is InChI=1S/C12H24N2O2/c1-3-6-14-7-4-11(5-8-14)10(2)13-9-12(15)16/h10-11,13H,3-9H2,1-2H3,(H,15,16). The third-order valence-electron chi connectivity index (χ3n) is 3.45. The zero-order valence-electron chi connectivity index (χ0n) is 10.4. The zero-order valence-corrected chi connectivity index (χ0v) is 10.4. The van der Waals surface area contributed by atoms with Gasteiger partial charge in [-0.2, -0.15) is 0 Å². The summed E-state index contributed by atoms with van der Waals surface area (Å²) in [5.41, 5.74) is 0. The third-order valence-corrected chi connectivity index (χ3v) is 3.45. The average molecular weight is 228 g/mol. The summed E-state index contributed by atoms with van der Waals surface area (Å²) < 4.78 is 0. The van der Waals surface area contributed by atoms with E-state index in [1.165, 1.54) is 25.8 Å². The first-order chi connectivity index (χ1) is 7.63. The van der Waals surface area contributed by atoms with Gasteiger partial charge in [-0.3, -0.25) is 4.79 Å². The molecule has 1 aliphatic rings. The second kappa shape index (κ2) is 6.86. The van der Waals surface area contributed by atoms with Crippen LogP contribution in [0.5, 0.6) is 0 Å². The molecule has 16 heavy (non-hydrogen) atoms. The normalized spacial score (nSPS) is 20.9. The maximum absolute atomic E-state index is 10.5. The molecular formula is C12H24N2O2. The third kappa shape index (κ3) is 4.49. The molecule has 0 amide bonds. The highest BCUT2D eigenvalue weighted by Gasteiger charge is 2.23. The fraction of sp³-hybridized carbons (Fsp3) is 0.917. The molecule has 0 saturated carbocycles. The number of nitrogens with zero attached hydrogens (tertiary/aromatic N) is 1. The highest BCUT2D eigenvalue weighted by atomic mass is 16.4. The summed E-state index contributed by atoms with van der Waals surface area (Å²) in [5.74, 6) is -0.136. The van der Waals surface area contributed by atoms with Gasteiger partial charge in [0.15, 0.2) is 0 Å². The van der Waals surface area contributed by atoms with Gasteiger partial charge in [0.1, 0.15) is 0 Å². The molecule has 94 valence electrons. The monoisotopic (exact) mass is 228 g/mol. The first-order valence-electron chi connectivity index (χ1n) is 6.31. The molecule has 4 heteroatoms.